The van der Waals surface area contributed by atoms with Gasteiger partial charge in [-0.2, -0.15) is 8.78 Å². The molecule has 0 spiro atoms. The Morgan fingerprint density at radius 3 is 2.33 bits per heavy atom. The number of halogens is 2. The zero-order chi connectivity index (χ0) is 21.1. The van der Waals surface area contributed by atoms with Crippen molar-refractivity contribution in [2.45, 2.75) is 90.6 Å². The first-order valence-corrected chi connectivity index (χ1v) is 12.0. The zero-order valence-corrected chi connectivity index (χ0v) is 18.5. The minimum absolute atomic E-state index is 0.00205. The van der Waals surface area contributed by atoms with E-state index in [9.17, 15) is 8.78 Å². The van der Waals surface area contributed by atoms with Crippen molar-refractivity contribution in [1.29, 1.82) is 0 Å². The predicted octanol–water partition coefficient (Wildman–Crippen LogP) is 7.53. The topological polar surface area (TPSA) is 18.5 Å². The quantitative estimate of drug-likeness (QED) is 0.445. The lowest BCUT2D eigenvalue weighted by molar-refractivity contribution is 0.194. The van der Waals surface area contributed by atoms with E-state index in [0.717, 1.165) is 56.3 Å². The van der Waals surface area contributed by atoms with Gasteiger partial charge in [0.05, 0.1) is 6.10 Å². The van der Waals surface area contributed by atoms with E-state index in [1.54, 1.807) is 13.0 Å². The first-order chi connectivity index (χ1) is 14.5. The van der Waals surface area contributed by atoms with Crippen LogP contribution < -0.4 is 9.47 Å². The lowest BCUT2D eigenvalue weighted by atomic mass is 9.72. The van der Waals surface area contributed by atoms with Crippen LogP contribution in [-0.2, 0) is 0 Å². The summed E-state index contributed by atoms with van der Waals surface area (Å²) in [4.78, 5) is 0. The summed E-state index contributed by atoms with van der Waals surface area (Å²) in [5.41, 5.74) is 1.80. The fourth-order valence-electron chi connectivity index (χ4n) is 5.55. The number of ether oxygens (including phenoxy) is 2. The summed E-state index contributed by atoms with van der Waals surface area (Å²) in [5, 5.41) is 0. The molecular weight excluding hydrogens is 382 g/mol. The van der Waals surface area contributed by atoms with Crippen LogP contribution in [0, 0.1) is 36.3 Å². The maximum atomic E-state index is 14.7. The van der Waals surface area contributed by atoms with Gasteiger partial charge in [0.15, 0.2) is 11.5 Å². The summed E-state index contributed by atoms with van der Waals surface area (Å²) in [5.74, 6) is 0.727. The van der Waals surface area contributed by atoms with E-state index in [1.165, 1.54) is 37.7 Å². The molecule has 3 aliphatic rings. The molecule has 0 saturated heterocycles. The Labute approximate surface area is 180 Å². The molecule has 1 aromatic rings. The van der Waals surface area contributed by atoms with E-state index >= 15 is 0 Å². The molecule has 1 unspecified atom stereocenters. The second-order valence-corrected chi connectivity index (χ2v) is 9.88. The van der Waals surface area contributed by atoms with E-state index in [4.69, 9.17) is 9.47 Å². The van der Waals surface area contributed by atoms with Crippen molar-refractivity contribution in [3.05, 3.63) is 34.9 Å². The standard InChI is InChI=1S/C26H36F2O2/c1-17-7-11-20(12-8-17)21-13-9-19(10-14-21)16-29-26-18(2)15-23(24(27)25(26)28)30-22-5-3-4-6-22/h9,15,17,20-22H,3-8,10-14,16H2,1-2H3. The van der Waals surface area contributed by atoms with Gasteiger partial charge in [-0.1, -0.05) is 25.8 Å². The van der Waals surface area contributed by atoms with Crippen molar-refractivity contribution in [2.24, 2.45) is 17.8 Å². The Morgan fingerprint density at radius 1 is 0.933 bits per heavy atom. The minimum Gasteiger partial charge on any atom is -0.487 e. The lowest BCUT2D eigenvalue weighted by Crippen LogP contribution is -2.23. The SMILES string of the molecule is Cc1cc(OC2CCCC2)c(F)c(F)c1OCC1=CCC(C2CCC(C)CC2)CC1. The summed E-state index contributed by atoms with van der Waals surface area (Å²) in [6.45, 7) is 4.47. The van der Waals surface area contributed by atoms with Crippen molar-refractivity contribution in [1.82, 2.24) is 0 Å². The van der Waals surface area contributed by atoms with Crippen LogP contribution in [0.15, 0.2) is 17.7 Å². The number of rotatable bonds is 6. The van der Waals surface area contributed by atoms with Crippen molar-refractivity contribution in [2.75, 3.05) is 6.61 Å². The molecule has 0 bridgehead atoms. The molecule has 2 saturated carbocycles. The van der Waals surface area contributed by atoms with Crippen LogP contribution >= 0.6 is 0 Å². The van der Waals surface area contributed by atoms with Gasteiger partial charge in [0, 0.05) is 0 Å². The molecule has 166 valence electrons. The van der Waals surface area contributed by atoms with Crippen LogP contribution in [0.25, 0.3) is 0 Å². The third kappa shape index (κ3) is 5.00. The van der Waals surface area contributed by atoms with Crippen LogP contribution in [0.3, 0.4) is 0 Å². The van der Waals surface area contributed by atoms with Gasteiger partial charge in [0.25, 0.3) is 0 Å². The van der Waals surface area contributed by atoms with Gasteiger partial charge in [0.2, 0.25) is 11.6 Å². The van der Waals surface area contributed by atoms with Crippen LogP contribution in [0.2, 0.25) is 0 Å². The molecule has 1 atom stereocenters. The molecule has 4 rings (SSSR count). The monoisotopic (exact) mass is 418 g/mol. The number of hydrogen-bond acceptors (Lipinski definition) is 2. The van der Waals surface area contributed by atoms with Gasteiger partial charge in [-0.15, -0.1) is 0 Å². The van der Waals surface area contributed by atoms with Crippen molar-refractivity contribution < 1.29 is 18.3 Å². The number of benzene rings is 1. The predicted molar refractivity (Wildman–Crippen MR) is 116 cm³/mol. The first-order valence-electron chi connectivity index (χ1n) is 12.0. The molecule has 0 amide bonds. The van der Waals surface area contributed by atoms with E-state index in [1.807, 2.05) is 0 Å². The molecule has 0 N–H and O–H groups in total. The van der Waals surface area contributed by atoms with Gasteiger partial charge in [-0.05, 0) is 99.7 Å². The van der Waals surface area contributed by atoms with Gasteiger partial charge in [-0.25, -0.2) is 0 Å². The molecule has 0 heterocycles. The van der Waals surface area contributed by atoms with Gasteiger partial charge >= 0.3 is 0 Å². The Hall–Kier alpha value is -1.58. The molecule has 0 aromatic heterocycles. The smallest absolute Gasteiger partial charge is 0.204 e. The van der Waals surface area contributed by atoms with Gasteiger partial charge in [0.1, 0.15) is 6.61 Å². The minimum atomic E-state index is -0.924. The summed E-state index contributed by atoms with van der Waals surface area (Å²) < 4.78 is 40.7. The second-order valence-electron chi connectivity index (χ2n) is 9.88. The zero-order valence-electron chi connectivity index (χ0n) is 18.5. The second kappa shape index (κ2) is 9.70. The molecule has 4 heteroatoms. The highest BCUT2D eigenvalue weighted by atomic mass is 19.2. The maximum Gasteiger partial charge on any atom is 0.204 e. The van der Waals surface area contributed by atoms with Crippen molar-refractivity contribution in [3.8, 4) is 11.5 Å². The third-order valence-electron chi connectivity index (χ3n) is 7.58. The summed E-state index contributed by atoms with van der Waals surface area (Å²) in [6, 6.07) is 1.58. The average Bonchev–Trinajstić information content (AvgIpc) is 3.26. The van der Waals surface area contributed by atoms with E-state index in [2.05, 4.69) is 13.0 Å². The summed E-state index contributed by atoms with van der Waals surface area (Å²) >= 11 is 0. The Kier molecular flexibility index (Phi) is 7.00. The van der Waals surface area contributed by atoms with E-state index < -0.39 is 11.6 Å². The molecule has 2 fully saturated rings. The maximum absolute atomic E-state index is 14.7. The Bertz CT molecular complexity index is 759. The van der Waals surface area contributed by atoms with Crippen LogP contribution in [0.1, 0.15) is 83.1 Å². The molecular formula is C26H36F2O2. The van der Waals surface area contributed by atoms with Crippen molar-refractivity contribution >= 4 is 0 Å². The number of allylic oxidation sites excluding steroid dienone is 1. The molecule has 0 aliphatic heterocycles. The highest BCUT2D eigenvalue weighted by Crippen LogP contribution is 2.40. The van der Waals surface area contributed by atoms with Gasteiger partial charge in [-0.3, -0.25) is 0 Å². The normalized spacial score (nSPS) is 27.7. The van der Waals surface area contributed by atoms with Crippen LogP contribution in [0.5, 0.6) is 11.5 Å². The molecule has 3 aliphatic carbocycles. The third-order valence-corrected chi connectivity index (χ3v) is 7.58. The van der Waals surface area contributed by atoms with Crippen LogP contribution in [0.4, 0.5) is 8.78 Å². The molecule has 30 heavy (non-hydrogen) atoms. The lowest BCUT2D eigenvalue weighted by Gasteiger charge is -2.34. The van der Waals surface area contributed by atoms with E-state index in [0.29, 0.717) is 12.2 Å². The highest BCUT2D eigenvalue weighted by molar-refractivity contribution is 5.42. The average molecular weight is 419 g/mol. The fraction of sp³-hybridized carbons (Fsp3) is 0.692. The fourth-order valence-corrected chi connectivity index (χ4v) is 5.55. The van der Waals surface area contributed by atoms with Crippen LogP contribution in [-0.4, -0.2) is 12.7 Å². The molecule has 1 aromatic carbocycles. The van der Waals surface area contributed by atoms with E-state index in [-0.39, 0.29) is 17.6 Å². The largest absolute Gasteiger partial charge is 0.487 e. The number of aryl methyl sites for hydroxylation is 1. The Balaban J connectivity index is 1.34. The molecule has 0 radical (unpaired) electrons. The molecule has 2 nitrogen and oxygen atoms in total. The Morgan fingerprint density at radius 2 is 1.67 bits per heavy atom. The summed E-state index contributed by atoms with van der Waals surface area (Å²) in [6.07, 6.45) is 15.0. The highest BCUT2D eigenvalue weighted by Gasteiger charge is 2.28. The van der Waals surface area contributed by atoms with Crippen molar-refractivity contribution in [3.63, 3.8) is 0 Å². The summed E-state index contributed by atoms with van der Waals surface area (Å²) in [7, 11) is 0. The van der Waals surface area contributed by atoms with Gasteiger partial charge < -0.3 is 9.47 Å². The first kappa shape index (κ1) is 21.6. The number of hydrogen-bond donors (Lipinski definition) is 0.